The zero-order valence-corrected chi connectivity index (χ0v) is 12.6. The summed E-state index contributed by atoms with van der Waals surface area (Å²) in [7, 11) is 0. The van der Waals surface area contributed by atoms with Crippen LogP contribution in [0, 0.1) is 0 Å². The van der Waals surface area contributed by atoms with Crippen LogP contribution in [0.15, 0.2) is 5.38 Å². The Morgan fingerprint density at radius 1 is 1.39 bits per heavy atom. The van der Waals surface area contributed by atoms with Crippen molar-refractivity contribution in [2.45, 2.75) is 45.6 Å². The van der Waals surface area contributed by atoms with Gasteiger partial charge in [-0.05, 0) is 12.3 Å². The fraction of sp³-hybridized carbons (Fsp3) is 0.786. The molecule has 1 atom stereocenters. The van der Waals surface area contributed by atoms with Gasteiger partial charge in [-0.1, -0.05) is 27.2 Å². The van der Waals surface area contributed by atoms with E-state index >= 15 is 0 Å². The minimum atomic E-state index is 0.537. The van der Waals surface area contributed by atoms with Gasteiger partial charge >= 0.3 is 0 Å². The molecular formula is C14H25N3S. The number of thiazole rings is 1. The summed E-state index contributed by atoms with van der Waals surface area (Å²) < 4.78 is 0. The molecule has 1 aliphatic heterocycles. The number of aromatic nitrogens is 1. The molecule has 0 spiro atoms. The molecule has 3 nitrogen and oxygen atoms in total. The van der Waals surface area contributed by atoms with E-state index in [0.717, 1.165) is 26.2 Å². The van der Waals surface area contributed by atoms with Crippen LogP contribution in [-0.2, 0) is 0 Å². The lowest BCUT2D eigenvalue weighted by Crippen LogP contribution is -2.45. The Labute approximate surface area is 115 Å². The highest BCUT2D eigenvalue weighted by molar-refractivity contribution is 7.09. The highest BCUT2D eigenvalue weighted by atomic mass is 32.1. The molecule has 1 fully saturated rings. The van der Waals surface area contributed by atoms with Gasteiger partial charge in [-0.15, -0.1) is 11.3 Å². The van der Waals surface area contributed by atoms with Crippen LogP contribution < -0.4 is 5.32 Å². The molecule has 0 amide bonds. The molecule has 0 aromatic carbocycles. The second-order valence-corrected chi connectivity index (χ2v) is 6.25. The smallest absolute Gasteiger partial charge is 0.110 e. The highest BCUT2D eigenvalue weighted by Gasteiger charge is 2.24. The van der Waals surface area contributed by atoms with Crippen LogP contribution in [0.1, 0.15) is 56.3 Å². The predicted molar refractivity (Wildman–Crippen MR) is 78.3 cm³/mol. The third kappa shape index (κ3) is 3.31. The van der Waals surface area contributed by atoms with Crippen LogP contribution in [-0.4, -0.2) is 36.1 Å². The molecule has 4 heteroatoms. The molecule has 1 aliphatic rings. The first kappa shape index (κ1) is 14.0. The summed E-state index contributed by atoms with van der Waals surface area (Å²) in [5.74, 6) is 0.542. The molecule has 0 radical (unpaired) electrons. The van der Waals surface area contributed by atoms with E-state index in [0.29, 0.717) is 12.0 Å². The predicted octanol–water partition coefficient (Wildman–Crippen LogP) is 3.01. The number of hydrogen-bond donors (Lipinski definition) is 1. The third-order valence-corrected chi connectivity index (χ3v) is 4.53. The summed E-state index contributed by atoms with van der Waals surface area (Å²) in [6, 6.07) is 0.537. The maximum Gasteiger partial charge on any atom is 0.110 e. The van der Waals surface area contributed by atoms with Crippen LogP contribution in [0.5, 0.6) is 0 Å². The largest absolute Gasteiger partial charge is 0.314 e. The normalized spacial score (nSPS) is 19.3. The van der Waals surface area contributed by atoms with Crippen molar-refractivity contribution in [2.24, 2.45) is 0 Å². The van der Waals surface area contributed by atoms with Crippen molar-refractivity contribution >= 4 is 11.3 Å². The standard InChI is InChI=1S/C14H25N3S/c1-4-5-13(17-8-6-15-7-9-17)14-16-12(10-18-14)11(2)3/h10-11,13,15H,4-9H2,1-3H3. The van der Waals surface area contributed by atoms with E-state index in [1.165, 1.54) is 23.5 Å². The Morgan fingerprint density at radius 3 is 2.67 bits per heavy atom. The number of nitrogens with zero attached hydrogens (tertiary/aromatic N) is 2. The first-order chi connectivity index (χ1) is 8.72. The maximum absolute atomic E-state index is 4.86. The van der Waals surface area contributed by atoms with Gasteiger partial charge in [0.2, 0.25) is 0 Å². The van der Waals surface area contributed by atoms with Gasteiger partial charge in [0.05, 0.1) is 11.7 Å². The van der Waals surface area contributed by atoms with E-state index < -0.39 is 0 Å². The van der Waals surface area contributed by atoms with Crippen LogP contribution in [0.2, 0.25) is 0 Å². The Hall–Kier alpha value is -0.450. The zero-order valence-electron chi connectivity index (χ0n) is 11.8. The summed E-state index contributed by atoms with van der Waals surface area (Å²) in [5.41, 5.74) is 1.26. The monoisotopic (exact) mass is 267 g/mol. The molecule has 0 saturated carbocycles. The molecule has 0 aliphatic carbocycles. The van der Waals surface area contributed by atoms with Crippen molar-refractivity contribution in [1.82, 2.24) is 15.2 Å². The van der Waals surface area contributed by atoms with Gasteiger partial charge in [0.25, 0.3) is 0 Å². The van der Waals surface area contributed by atoms with Gasteiger partial charge in [-0.3, -0.25) is 4.90 Å². The summed E-state index contributed by atoms with van der Waals surface area (Å²) in [5, 5.41) is 6.99. The number of nitrogens with one attached hydrogen (secondary N) is 1. The van der Waals surface area contributed by atoms with Crippen LogP contribution in [0.3, 0.4) is 0 Å². The van der Waals surface area contributed by atoms with E-state index in [4.69, 9.17) is 4.98 Å². The van der Waals surface area contributed by atoms with Crippen molar-refractivity contribution in [3.63, 3.8) is 0 Å². The number of piperazine rings is 1. The zero-order chi connectivity index (χ0) is 13.0. The van der Waals surface area contributed by atoms with E-state index in [-0.39, 0.29) is 0 Å². The fourth-order valence-corrected chi connectivity index (χ4v) is 3.60. The van der Waals surface area contributed by atoms with Gasteiger partial charge in [-0.25, -0.2) is 4.98 Å². The Morgan fingerprint density at radius 2 is 2.11 bits per heavy atom. The van der Waals surface area contributed by atoms with Crippen LogP contribution in [0.4, 0.5) is 0 Å². The van der Waals surface area contributed by atoms with Gasteiger partial charge < -0.3 is 5.32 Å². The van der Waals surface area contributed by atoms with Gasteiger partial charge in [0.15, 0.2) is 0 Å². The Balaban J connectivity index is 2.11. The SMILES string of the molecule is CCCC(c1nc(C(C)C)cs1)N1CCNCC1. The van der Waals surface area contributed by atoms with Crippen LogP contribution >= 0.6 is 11.3 Å². The Bertz CT molecular complexity index is 356. The molecule has 1 N–H and O–H groups in total. The molecule has 1 unspecified atom stereocenters. The van der Waals surface area contributed by atoms with Gasteiger partial charge in [-0.2, -0.15) is 0 Å². The van der Waals surface area contributed by atoms with Crippen molar-refractivity contribution < 1.29 is 0 Å². The summed E-state index contributed by atoms with van der Waals surface area (Å²) >= 11 is 1.85. The van der Waals surface area contributed by atoms with Crippen molar-refractivity contribution in [1.29, 1.82) is 0 Å². The second kappa shape index (κ2) is 6.64. The Kier molecular flexibility index (Phi) is 5.15. The highest BCUT2D eigenvalue weighted by Crippen LogP contribution is 2.30. The number of hydrogen-bond acceptors (Lipinski definition) is 4. The molecule has 18 heavy (non-hydrogen) atoms. The maximum atomic E-state index is 4.86. The first-order valence-electron chi connectivity index (χ1n) is 7.12. The van der Waals surface area contributed by atoms with Gasteiger partial charge in [0, 0.05) is 31.6 Å². The summed E-state index contributed by atoms with van der Waals surface area (Å²) in [6.45, 7) is 11.2. The summed E-state index contributed by atoms with van der Waals surface area (Å²) in [6.07, 6.45) is 2.45. The average Bonchev–Trinajstić information content (AvgIpc) is 2.86. The fourth-order valence-electron chi connectivity index (χ4n) is 2.45. The lowest BCUT2D eigenvalue weighted by molar-refractivity contribution is 0.164. The molecule has 2 rings (SSSR count). The lowest BCUT2D eigenvalue weighted by Gasteiger charge is -2.33. The van der Waals surface area contributed by atoms with E-state index in [2.05, 4.69) is 36.4 Å². The van der Waals surface area contributed by atoms with Crippen molar-refractivity contribution in [3.8, 4) is 0 Å². The molecular weight excluding hydrogens is 242 g/mol. The van der Waals surface area contributed by atoms with E-state index in [1.807, 2.05) is 11.3 Å². The quantitative estimate of drug-likeness (QED) is 0.889. The molecule has 1 aromatic rings. The van der Waals surface area contributed by atoms with E-state index in [1.54, 1.807) is 0 Å². The number of rotatable bonds is 5. The average molecular weight is 267 g/mol. The minimum absolute atomic E-state index is 0.537. The van der Waals surface area contributed by atoms with Crippen molar-refractivity contribution in [2.75, 3.05) is 26.2 Å². The summed E-state index contributed by atoms with van der Waals surface area (Å²) in [4.78, 5) is 7.46. The minimum Gasteiger partial charge on any atom is -0.314 e. The van der Waals surface area contributed by atoms with Crippen molar-refractivity contribution in [3.05, 3.63) is 16.1 Å². The molecule has 0 bridgehead atoms. The lowest BCUT2D eigenvalue weighted by atomic mass is 10.1. The first-order valence-corrected chi connectivity index (χ1v) is 8.00. The topological polar surface area (TPSA) is 28.2 Å². The second-order valence-electron chi connectivity index (χ2n) is 5.36. The van der Waals surface area contributed by atoms with E-state index in [9.17, 15) is 0 Å². The third-order valence-electron chi connectivity index (χ3n) is 3.57. The molecule has 102 valence electrons. The molecule has 2 heterocycles. The molecule has 1 saturated heterocycles. The molecule has 1 aromatic heterocycles. The van der Waals surface area contributed by atoms with Crippen LogP contribution in [0.25, 0.3) is 0 Å². The van der Waals surface area contributed by atoms with Gasteiger partial charge in [0.1, 0.15) is 5.01 Å².